The van der Waals surface area contributed by atoms with E-state index in [4.69, 9.17) is 0 Å². The zero-order valence-electron chi connectivity index (χ0n) is 13.8. The van der Waals surface area contributed by atoms with Crippen molar-refractivity contribution in [2.45, 2.75) is 77.7 Å². The average Bonchev–Trinajstić information content (AvgIpc) is 2.45. The summed E-state index contributed by atoms with van der Waals surface area (Å²) in [6.45, 7) is 8.25. The Bertz CT molecular complexity index is 252. The molecule has 0 heterocycles. The molecule has 2 N–H and O–H groups in total. The number of hydrogen-bond acceptors (Lipinski definition) is 2. The quantitative estimate of drug-likeness (QED) is 0.625. The Morgan fingerprint density at radius 1 is 0.950 bits per heavy atom. The summed E-state index contributed by atoms with van der Waals surface area (Å²) in [5.74, 6) is 2.92. The van der Waals surface area contributed by atoms with Gasteiger partial charge in [0.25, 0.3) is 0 Å². The van der Waals surface area contributed by atoms with Crippen molar-refractivity contribution in [2.24, 2.45) is 17.8 Å². The van der Waals surface area contributed by atoms with Gasteiger partial charge in [0.15, 0.2) is 0 Å². The van der Waals surface area contributed by atoms with Crippen LogP contribution in [0.4, 0.5) is 0 Å². The van der Waals surface area contributed by atoms with E-state index in [2.05, 4.69) is 24.5 Å². The van der Waals surface area contributed by atoms with Crippen LogP contribution in [0, 0.1) is 17.8 Å². The molecule has 2 aliphatic rings. The van der Waals surface area contributed by atoms with Crippen LogP contribution in [0.15, 0.2) is 0 Å². The van der Waals surface area contributed by atoms with Gasteiger partial charge in [-0.05, 0) is 50.0 Å². The van der Waals surface area contributed by atoms with Crippen molar-refractivity contribution in [1.82, 2.24) is 10.6 Å². The fourth-order valence-electron chi connectivity index (χ4n) is 4.51. The van der Waals surface area contributed by atoms with E-state index in [0.29, 0.717) is 0 Å². The van der Waals surface area contributed by atoms with Crippen molar-refractivity contribution in [1.29, 1.82) is 0 Å². The molecule has 2 nitrogen and oxygen atoms in total. The minimum Gasteiger partial charge on any atom is -0.315 e. The molecule has 0 amide bonds. The molecule has 0 saturated heterocycles. The Morgan fingerprint density at radius 2 is 1.85 bits per heavy atom. The van der Waals surface area contributed by atoms with E-state index in [1.54, 1.807) is 0 Å². The lowest BCUT2D eigenvalue weighted by Crippen LogP contribution is -2.49. The van der Waals surface area contributed by atoms with Crippen molar-refractivity contribution in [2.75, 3.05) is 19.6 Å². The second-order valence-electron chi connectivity index (χ2n) is 7.30. The molecule has 2 fully saturated rings. The zero-order chi connectivity index (χ0) is 14.2. The highest BCUT2D eigenvalue weighted by molar-refractivity contribution is 4.91. The maximum Gasteiger partial charge on any atom is 0.0122 e. The third-order valence-electron chi connectivity index (χ3n) is 5.54. The first-order valence-electron chi connectivity index (χ1n) is 9.25. The summed E-state index contributed by atoms with van der Waals surface area (Å²) in [6, 6.07) is 0.799. The normalized spacial score (nSPS) is 33.3. The molecule has 2 aliphatic carbocycles. The van der Waals surface area contributed by atoms with Crippen LogP contribution in [0.3, 0.4) is 0 Å². The van der Waals surface area contributed by atoms with E-state index in [-0.39, 0.29) is 0 Å². The van der Waals surface area contributed by atoms with Crippen LogP contribution in [0.1, 0.15) is 71.6 Å². The fraction of sp³-hybridized carbons (Fsp3) is 1.00. The molecule has 2 heteroatoms. The molecule has 2 saturated carbocycles. The van der Waals surface area contributed by atoms with Gasteiger partial charge in [-0.25, -0.2) is 0 Å². The van der Waals surface area contributed by atoms with Gasteiger partial charge in [-0.1, -0.05) is 46.0 Å². The third kappa shape index (κ3) is 5.04. The van der Waals surface area contributed by atoms with Crippen LogP contribution in [0.25, 0.3) is 0 Å². The lowest BCUT2D eigenvalue weighted by molar-refractivity contribution is 0.0976. The summed E-state index contributed by atoms with van der Waals surface area (Å²) in [5, 5.41) is 7.46. The Hall–Kier alpha value is -0.0800. The van der Waals surface area contributed by atoms with Crippen LogP contribution in [0.5, 0.6) is 0 Å². The smallest absolute Gasteiger partial charge is 0.0122 e. The summed E-state index contributed by atoms with van der Waals surface area (Å²) < 4.78 is 0. The highest BCUT2D eigenvalue weighted by Crippen LogP contribution is 2.42. The second kappa shape index (κ2) is 9.04. The standard InChI is InChI=1S/C18H36N2/c1-3-4-5-6-10-19-11-12-20-18-15(2)13-16-8-7-9-17(18)14-16/h15-20H,3-14H2,1-2H3. The Kier molecular flexibility index (Phi) is 7.37. The van der Waals surface area contributed by atoms with E-state index in [9.17, 15) is 0 Å². The summed E-state index contributed by atoms with van der Waals surface area (Å²) in [5.41, 5.74) is 0. The van der Waals surface area contributed by atoms with Crippen molar-refractivity contribution in [3.63, 3.8) is 0 Å². The molecule has 2 rings (SSSR count). The highest BCUT2D eigenvalue weighted by Gasteiger charge is 2.37. The molecule has 0 aliphatic heterocycles. The summed E-state index contributed by atoms with van der Waals surface area (Å²) in [6.07, 6.45) is 12.9. The molecule has 0 aromatic rings. The van der Waals surface area contributed by atoms with E-state index in [0.717, 1.165) is 36.9 Å². The molecule has 4 atom stereocenters. The van der Waals surface area contributed by atoms with E-state index >= 15 is 0 Å². The fourth-order valence-corrected chi connectivity index (χ4v) is 4.51. The van der Waals surface area contributed by atoms with Crippen LogP contribution in [0.2, 0.25) is 0 Å². The molecule has 0 aromatic heterocycles. The van der Waals surface area contributed by atoms with Gasteiger partial charge in [0.1, 0.15) is 0 Å². The molecular weight excluding hydrogens is 244 g/mol. The summed E-state index contributed by atoms with van der Waals surface area (Å²) in [7, 11) is 0. The summed E-state index contributed by atoms with van der Waals surface area (Å²) in [4.78, 5) is 0. The zero-order valence-corrected chi connectivity index (χ0v) is 13.8. The van der Waals surface area contributed by atoms with Gasteiger partial charge in [-0.3, -0.25) is 0 Å². The Balaban J connectivity index is 1.54. The average molecular weight is 280 g/mol. The highest BCUT2D eigenvalue weighted by atomic mass is 15.0. The first-order chi connectivity index (χ1) is 9.81. The number of unbranched alkanes of at least 4 members (excludes halogenated alkanes) is 3. The second-order valence-corrected chi connectivity index (χ2v) is 7.30. The van der Waals surface area contributed by atoms with E-state index in [1.165, 1.54) is 64.3 Å². The van der Waals surface area contributed by atoms with Crippen LogP contribution in [-0.4, -0.2) is 25.7 Å². The van der Waals surface area contributed by atoms with Gasteiger partial charge in [-0.2, -0.15) is 0 Å². The molecule has 0 aromatic carbocycles. The molecule has 0 spiro atoms. The van der Waals surface area contributed by atoms with Gasteiger partial charge in [0.05, 0.1) is 0 Å². The SMILES string of the molecule is CCCCCCNCCNC1C(C)CC2CCCC1C2. The Morgan fingerprint density at radius 3 is 2.70 bits per heavy atom. The van der Waals surface area contributed by atoms with E-state index < -0.39 is 0 Å². The molecule has 20 heavy (non-hydrogen) atoms. The van der Waals surface area contributed by atoms with Crippen LogP contribution < -0.4 is 10.6 Å². The maximum atomic E-state index is 3.87. The van der Waals surface area contributed by atoms with E-state index in [1.807, 2.05) is 0 Å². The van der Waals surface area contributed by atoms with Crippen LogP contribution >= 0.6 is 0 Å². The van der Waals surface area contributed by atoms with Crippen molar-refractivity contribution >= 4 is 0 Å². The van der Waals surface area contributed by atoms with Crippen molar-refractivity contribution in [3.05, 3.63) is 0 Å². The van der Waals surface area contributed by atoms with Gasteiger partial charge < -0.3 is 10.6 Å². The molecule has 2 bridgehead atoms. The largest absolute Gasteiger partial charge is 0.315 e. The molecule has 0 radical (unpaired) electrons. The monoisotopic (exact) mass is 280 g/mol. The van der Waals surface area contributed by atoms with Gasteiger partial charge in [0, 0.05) is 19.1 Å². The number of rotatable bonds is 9. The summed E-state index contributed by atoms with van der Waals surface area (Å²) >= 11 is 0. The maximum absolute atomic E-state index is 3.87. The molecular formula is C18H36N2. The first kappa shape index (κ1) is 16.3. The lowest BCUT2D eigenvalue weighted by Gasteiger charge is -2.44. The molecule has 118 valence electrons. The number of nitrogens with one attached hydrogen (secondary N) is 2. The Labute approximate surface area is 126 Å². The van der Waals surface area contributed by atoms with Crippen molar-refractivity contribution < 1.29 is 0 Å². The van der Waals surface area contributed by atoms with Crippen LogP contribution in [-0.2, 0) is 0 Å². The predicted octanol–water partition coefficient (Wildman–Crippen LogP) is 3.96. The molecule has 4 unspecified atom stereocenters. The predicted molar refractivity (Wildman–Crippen MR) is 88.0 cm³/mol. The topological polar surface area (TPSA) is 24.1 Å². The van der Waals surface area contributed by atoms with Gasteiger partial charge in [0.2, 0.25) is 0 Å². The first-order valence-corrected chi connectivity index (χ1v) is 9.25. The third-order valence-corrected chi connectivity index (χ3v) is 5.54. The minimum absolute atomic E-state index is 0.799. The minimum atomic E-state index is 0.799. The van der Waals surface area contributed by atoms with Gasteiger partial charge in [-0.15, -0.1) is 0 Å². The van der Waals surface area contributed by atoms with Crippen molar-refractivity contribution in [3.8, 4) is 0 Å². The number of hydrogen-bond donors (Lipinski definition) is 2. The lowest BCUT2D eigenvalue weighted by atomic mass is 9.66. The number of fused-ring (bicyclic) bond motifs is 2. The van der Waals surface area contributed by atoms with Gasteiger partial charge >= 0.3 is 0 Å².